The fourth-order valence-electron chi connectivity index (χ4n) is 2.71. The van der Waals surface area contributed by atoms with Crippen LogP contribution in [0.25, 0.3) is 11.3 Å². The fourth-order valence-corrected chi connectivity index (χ4v) is 2.71. The smallest absolute Gasteiger partial charge is 0.337 e. The summed E-state index contributed by atoms with van der Waals surface area (Å²) in [6.45, 7) is 4.17. The maximum Gasteiger partial charge on any atom is 0.337 e. The van der Waals surface area contributed by atoms with E-state index in [0.29, 0.717) is 17.1 Å². The number of furan rings is 1. The number of benzene rings is 2. The highest BCUT2D eigenvalue weighted by Gasteiger charge is 2.08. The van der Waals surface area contributed by atoms with Gasteiger partial charge in [0.05, 0.1) is 25.4 Å². The summed E-state index contributed by atoms with van der Waals surface area (Å²) in [5.41, 5.74) is 6.97. The number of hydrazone groups is 1. The van der Waals surface area contributed by atoms with Crippen molar-refractivity contribution in [1.29, 1.82) is 0 Å². The third-order valence-corrected chi connectivity index (χ3v) is 4.56. The first-order valence-electron chi connectivity index (χ1n) is 9.38. The number of carbonyl (C=O) groups is 2. The number of rotatable bonds is 7. The van der Waals surface area contributed by atoms with Crippen molar-refractivity contribution in [1.82, 2.24) is 5.43 Å². The Labute approximate surface area is 174 Å². The van der Waals surface area contributed by atoms with E-state index in [0.717, 1.165) is 16.8 Å². The van der Waals surface area contributed by atoms with Gasteiger partial charge in [0.15, 0.2) is 0 Å². The monoisotopic (exact) mass is 405 g/mol. The fraction of sp³-hybridized carbons (Fsp3) is 0.174. The molecular formula is C23H23N3O4. The average molecular weight is 405 g/mol. The van der Waals surface area contributed by atoms with Gasteiger partial charge in [-0.1, -0.05) is 18.2 Å². The summed E-state index contributed by atoms with van der Waals surface area (Å²) in [4.78, 5) is 23.4. The highest BCUT2D eigenvalue weighted by atomic mass is 16.5. The minimum atomic E-state index is -0.392. The standard InChI is InChI=1S/C23H23N3O4/c1-15-4-9-19(12-16(15)2)24-14-22(27)26-25-13-20-10-11-21(30-20)17-5-7-18(8-6-17)23(28)29-3/h4-13,24H,14H2,1-3H3,(H,26,27)/b25-13+. The Hall–Kier alpha value is -3.87. The zero-order chi connectivity index (χ0) is 21.5. The van der Waals surface area contributed by atoms with Crippen LogP contribution in [0.4, 0.5) is 5.69 Å². The number of hydrogen-bond donors (Lipinski definition) is 2. The molecule has 0 spiro atoms. The SMILES string of the molecule is COC(=O)c1ccc(-c2ccc(/C=N/NC(=O)CNc3ccc(C)c(C)c3)o2)cc1. The zero-order valence-corrected chi connectivity index (χ0v) is 17.1. The Morgan fingerprint density at radius 2 is 1.80 bits per heavy atom. The summed E-state index contributed by atoms with van der Waals surface area (Å²) in [5.74, 6) is 0.450. The van der Waals surface area contributed by atoms with Crippen molar-refractivity contribution >= 4 is 23.8 Å². The van der Waals surface area contributed by atoms with Crippen molar-refractivity contribution in [3.63, 3.8) is 0 Å². The molecule has 7 heteroatoms. The number of amides is 1. The Balaban J connectivity index is 1.52. The van der Waals surface area contributed by atoms with E-state index in [9.17, 15) is 9.59 Å². The van der Waals surface area contributed by atoms with Crippen LogP contribution in [0.15, 0.2) is 64.1 Å². The van der Waals surface area contributed by atoms with Crippen molar-refractivity contribution < 1.29 is 18.7 Å². The topological polar surface area (TPSA) is 92.9 Å². The van der Waals surface area contributed by atoms with Gasteiger partial charge in [-0.25, -0.2) is 10.2 Å². The lowest BCUT2D eigenvalue weighted by atomic mass is 10.1. The molecule has 0 saturated carbocycles. The van der Waals surface area contributed by atoms with Gasteiger partial charge in [0.1, 0.15) is 11.5 Å². The minimum Gasteiger partial charge on any atom is -0.465 e. The average Bonchev–Trinajstić information content (AvgIpc) is 3.23. The third-order valence-electron chi connectivity index (χ3n) is 4.56. The number of methoxy groups -OCH3 is 1. The number of nitrogens with zero attached hydrogens (tertiary/aromatic N) is 1. The number of hydrogen-bond acceptors (Lipinski definition) is 6. The predicted octanol–water partition coefficient (Wildman–Crippen LogP) is 3.91. The number of carbonyl (C=O) groups excluding carboxylic acids is 2. The van der Waals surface area contributed by atoms with Crippen LogP contribution in [0.5, 0.6) is 0 Å². The lowest BCUT2D eigenvalue weighted by Gasteiger charge is -2.07. The van der Waals surface area contributed by atoms with Gasteiger partial charge in [-0.05, 0) is 61.4 Å². The molecule has 7 nitrogen and oxygen atoms in total. The maximum atomic E-state index is 11.9. The second-order valence-corrected chi connectivity index (χ2v) is 6.72. The summed E-state index contributed by atoms with van der Waals surface area (Å²) in [7, 11) is 1.34. The van der Waals surface area contributed by atoms with Gasteiger partial charge < -0.3 is 14.5 Å². The molecule has 0 saturated heterocycles. The van der Waals surface area contributed by atoms with E-state index in [-0.39, 0.29) is 12.5 Å². The lowest BCUT2D eigenvalue weighted by Crippen LogP contribution is -2.25. The molecule has 1 amide bonds. The molecule has 3 rings (SSSR count). The molecule has 0 unspecified atom stereocenters. The zero-order valence-electron chi connectivity index (χ0n) is 17.1. The highest BCUT2D eigenvalue weighted by molar-refractivity contribution is 5.90. The van der Waals surface area contributed by atoms with E-state index in [1.54, 1.807) is 36.4 Å². The summed E-state index contributed by atoms with van der Waals surface area (Å²) in [5, 5.41) is 6.98. The normalized spacial score (nSPS) is 10.8. The predicted molar refractivity (Wildman–Crippen MR) is 116 cm³/mol. The van der Waals surface area contributed by atoms with Crippen LogP contribution >= 0.6 is 0 Å². The van der Waals surface area contributed by atoms with Gasteiger partial charge in [0.2, 0.25) is 0 Å². The van der Waals surface area contributed by atoms with Crippen LogP contribution < -0.4 is 10.7 Å². The van der Waals surface area contributed by atoms with Crippen LogP contribution in [0.2, 0.25) is 0 Å². The van der Waals surface area contributed by atoms with Crippen molar-refractivity contribution in [2.24, 2.45) is 5.10 Å². The van der Waals surface area contributed by atoms with Crippen molar-refractivity contribution in [2.45, 2.75) is 13.8 Å². The van der Waals surface area contributed by atoms with E-state index in [1.165, 1.54) is 18.9 Å². The summed E-state index contributed by atoms with van der Waals surface area (Å²) < 4.78 is 10.4. The van der Waals surface area contributed by atoms with E-state index in [1.807, 2.05) is 32.0 Å². The highest BCUT2D eigenvalue weighted by Crippen LogP contribution is 2.22. The summed E-state index contributed by atoms with van der Waals surface area (Å²) >= 11 is 0. The molecular weight excluding hydrogens is 382 g/mol. The van der Waals surface area contributed by atoms with Crippen LogP contribution in [-0.4, -0.2) is 31.7 Å². The molecule has 0 bridgehead atoms. The number of anilines is 1. The molecule has 0 aliphatic carbocycles. The van der Waals surface area contributed by atoms with Crippen molar-refractivity contribution in [3.8, 4) is 11.3 Å². The minimum absolute atomic E-state index is 0.107. The molecule has 1 aromatic heterocycles. The van der Waals surface area contributed by atoms with E-state index in [4.69, 9.17) is 4.42 Å². The lowest BCUT2D eigenvalue weighted by molar-refractivity contribution is -0.119. The Bertz CT molecular complexity index is 1070. The first-order valence-corrected chi connectivity index (χ1v) is 9.38. The molecule has 0 fully saturated rings. The number of ether oxygens (including phenoxy) is 1. The summed E-state index contributed by atoms with van der Waals surface area (Å²) in [6, 6.07) is 16.3. The molecule has 154 valence electrons. The van der Waals surface area contributed by atoms with E-state index < -0.39 is 5.97 Å². The quantitative estimate of drug-likeness (QED) is 0.353. The molecule has 0 radical (unpaired) electrons. The Morgan fingerprint density at radius 3 is 2.50 bits per heavy atom. The van der Waals surface area contributed by atoms with Crippen LogP contribution in [0.3, 0.4) is 0 Å². The number of esters is 1. The van der Waals surface area contributed by atoms with Crippen molar-refractivity contribution in [2.75, 3.05) is 19.0 Å². The maximum absolute atomic E-state index is 11.9. The van der Waals surface area contributed by atoms with Crippen LogP contribution in [0.1, 0.15) is 27.2 Å². The molecule has 3 aromatic rings. The molecule has 2 aromatic carbocycles. The van der Waals surface area contributed by atoms with E-state index >= 15 is 0 Å². The molecule has 0 atom stereocenters. The Kier molecular flexibility index (Phi) is 6.64. The molecule has 0 aliphatic heterocycles. The van der Waals surface area contributed by atoms with Gasteiger partial charge in [-0.15, -0.1) is 0 Å². The van der Waals surface area contributed by atoms with Gasteiger partial charge in [-0.3, -0.25) is 4.79 Å². The van der Waals surface area contributed by atoms with Crippen LogP contribution in [-0.2, 0) is 9.53 Å². The molecule has 2 N–H and O–H groups in total. The molecule has 30 heavy (non-hydrogen) atoms. The van der Waals surface area contributed by atoms with Crippen LogP contribution in [0, 0.1) is 13.8 Å². The summed E-state index contributed by atoms with van der Waals surface area (Å²) in [6.07, 6.45) is 1.43. The Morgan fingerprint density at radius 1 is 1.03 bits per heavy atom. The number of nitrogens with one attached hydrogen (secondary N) is 2. The van der Waals surface area contributed by atoms with Gasteiger partial charge in [0, 0.05) is 11.3 Å². The van der Waals surface area contributed by atoms with Gasteiger partial charge >= 0.3 is 5.97 Å². The first kappa shape index (κ1) is 20.9. The second kappa shape index (κ2) is 9.56. The second-order valence-electron chi connectivity index (χ2n) is 6.72. The number of aryl methyl sites for hydroxylation is 2. The van der Waals surface area contributed by atoms with Gasteiger partial charge in [-0.2, -0.15) is 5.10 Å². The molecule has 1 heterocycles. The third kappa shape index (κ3) is 5.35. The van der Waals surface area contributed by atoms with E-state index in [2.05, 4.69) is 20.6 Å². The van der Waals surface area contributed by atoms with Crippen molar-refractivity contribution in [3.05, 3.63) is 77.0 Å². The van der Waals surface area contributed by atoms with Gasteiger partial charge in [0.25, 0.3) is 5.91 Å². The first-order chi connectivity index (χ1) is 14.5. The largest absolute Gasteiger partial charge is 0.465 e. The molecule has 0 aliphatic rings.